The Bertz CT molecular complexity index is 748. The number of hydrogen-bond donors (Lipinski definition) is 0. The van der Waals surface area contributed by atoms with Crippen LogP contribution < -0.4 is 0 Å². The lowest BCUT2D eigenvalue weighted by Gasteiger charge is -2.59. The molecule has 0 saturated heterocycles. The van der Waals surface area contributed by atoms with Crippen molar-refractivity contribution >= 4 is 14.1 Å². The van der Waals surface area contributed by atoms with Crippen molar-refractivity contribution in [3.05, 3.63) is 23.8 Å². The number of carbonyl (C=O) groups excluding carboxylic acids is 1. The van der Waals surface area contributed by atoms with E-state index in [0.717, 1.165) is 25.7 Å². The van der Waals surface area contributed by atoms with Crippen LogP contribution in [0.5, 0.6) is 0 Å². The van der Waals surface area contributed by atoms with E-state index in [9.17, 15) is 4.79 Å². The van der Waals surface area contributed by atoms with Gasteiger partial charge in [0, 0.05) is 23.9 Å². The number of methoxy groups -OCH3 is 1. The molecule has 3 rings (SSSR count). The topological polar surface area (TPSA) is 54.0 Å². The molecule has 1 fully saturated rings. The van der Waals surface area contributed by atoms with Gasteiger partial charge in [-0.2, -0.15) is 0 Å². The molecule has 0 heterocycles. The molecular weight excluding hydrogens is 420 g/mol. The van der Waals surface area contributed by atoms with Gasteiger partial charge in [0.25, 0.3) is 0 Å². The first-order chi connectivity index (χ1) is 14.9. The predicted molar refractivity (Wildman–Crippen MR) is 130 cm³/mol. The predicted octanol–water partition coefficient (Wildman–Crippen LogP) is 5.66. The third kappa shape index (κ3) is 4.58. The summed E-state index contributed by atoms with van der Waals surface area (Å²) in [4.78, 5) is 13.4. The van der Waals surface area contributed by atoms with Crippen LogP contribution in [0.1, 0.15) is 60.3 Å². The van der Waals surface area contributed by atoms with Crippen LogP contribution in [0.4, 0.5) is 0 Å². The fraction of sp³-hybridized carbons (Fsp3) is 0.808. The Hall–Kier alpha value is -0.793. The Kier molecular flexibility index (Phi) is 7.63. The molecule has 32 heavy (non-hydrogen) atoms. The van der Waals surface area contributed by atoms with Crippen LogP contribution in [-0.4, -0.2) is 53.4 Å². The molecule has 0 aliphatic heterocycles. The average molecular weight is 465 g/mol. The van der Waals surface area contributed by atoms with Gasteiger partial charge in [0.2, 0.25) is 0 Å². The number of fused-ring (bicyclic) bond motifs is 1. The van der Waals surface area contributed by atoms with Gasteiger partial charge in [-0.15, -0.1) is 0 Å². The van der Waals surface area contributed by atoms with Crippen LogP contribution in [0.3, 0.4) is 0 Å². The fourth-order valence-corrected chi connectivity index (χ4v) is 6.88. The molecule has 2 bridgehead atoms. The molecule has 0 aromatic heterocycles. The van der Waals surface area contributed by atoms with Crippen molar-refractivity contribution < 1.29 is 23.4 Å². The van der Waals surface area contributed by atoms with E-state index in [-0.39, 0.29) is 41.2 Å². The highest BCUT2D eigenvalue weighted by Crippen LogP contribution is 2.62. The van der Waals surface area contributed by atoms with Crippen LogP contribution in [0.2, 0.25) is 18.1 Å². The summed E-state index contributed by atoms with van der Waals surface area (Å²) in [6, 6.07) is 0. The number of allylic oxidation sites excluding steroid dienone is 1. The Labute approximate surface area is 196 Å². The van der Waals surface area contributed by atoms with Crippen LogP contribution in [-0.2, 0) is 23.4 Å². The van der Waals surface area contributed by atoms with Crippen molar-refractivity contribution in [2.45, 2.75) is 90.6 Å². The molecule has 0 amide bonds. The Balaban J connectivity index is 1.94. The van der Waals surface area contributed by atoms with E-state index in [4.69, 9.17) is 18.6 Å². The highest BCUT2D eigenvalue weighted by Gasteiger charge is 2.62. The quantitative estimate of drug-likeness (QED) is 0.201. The number of hydrogen-bond acceptors (Lipinski definition) is 5. The van der Waals surface area contributed by atoms with Crippen molar-refractivity contribution in [1.82, 2.24) is 0 Å². The van der Waals surface area contributed by atoms with E-state index in [2.05, 4.69) is 59.9 Å². The Morgan fingerprint density at radius 1 is 1.16 bits per heavy atom. The Morgan fingerprint density at radius 2 is 1.88 bits per heavy atom. The van der Waals surface area contributed by atoms with Crippen molar-refractivity contribution in [3.8, 4) is 0 Å². The fourth-order valence-electron chi connectivity index (χ4n) is 5.51. The smallest absolute Gasteiger partial charge is 0.192 e. The van der Waals surface area contributed by atoms with Crippen molar-refractivity contribution in [2.24, 2.45) is 16.7 Å². The highest BCUT2D eigenvalue weighted by molar-refractivity contribution is 6.74. The monoisotopic (exact) mass is 464 g/mol. The van der Waals surface area contributed by atoms with E-state index in [0.29, 0.717) is 13.2 Å². The van der Waals surface area contributed by atoms with Gasteiger partial charge in [-0.3, -0.25) is 4.79 Å². The highest BCUT2D eigenvalue weighted by atomic mass is 28.4. The van der Waals surface area contributed by atoms with Gasteiger partial charge in [0.1, 0.15) is 6.79 Å². The molecular formula is C26H44O5Si. The minimum Gasteiger partial charge on any atom is -0.412 e. The van der Waals surface area contributed by atoms with Gasteiger partial charge in [0.05, 0.1) is 25.4 Å². The second kappa shape index (κ2) is 9.45. The number of rotatable bonds is 8. The molecule has 3 aliphatic carbocycles. The summed E-state index contributed by atoms with van der Waals surface area (Å²) in [5.41, 5.74) is 0.549. The summed E-state index contributed by atoms with van der Waals surface area (Å²) in [6.45, 7) is 17.2. The van der Waals surface area contributed by atoms with E-state index >= 15 is 0 Å². The summed E-state index contributed by atoms with van der Waals surface area (Å²) >= 11 is 0. The zero-order chi connectivity index (χ0) is 23.8. The molecule has 0 unspecified atom stereocenters. The molecule has 3 aliphatic rings. The van der Waals surface area contributed by atoms with Gasteiger partial charge in [-0.1, -0.05) is 52.3 Å². The SMILES string of the molecule is COCCOCO[C@@H]1C=C2CC[C@H]3C=CC(=O)C(C)(C)[C@@]2(CC1)[C@@H]3O[Si](C)(C)C(C)(C)C. The van der Waals surface area contributed by atoms with E-state index < -0.39 is 13.7 Å². The molecule has 5 nitrogen and oxygen atoms in total. The van der Waals surface area contributed by atoms with Crippen molar-refractivity contribution in [2.75, 3.05) is 27.1 Å². The minimum atomic E-state index is -2.03. The Morgan fingerprint density at radius 3 is 2.53 bits per heavy atom. The van der Waals surface area contributed by atoms with Crippen LogP contribution in [0.15, 0.2) is 23.8 Å². The third-order valence-corrected chi connectivity index (χ3v) is 13.1. The first-order valence-electron chi connectivity index (χ1n) is 12.2. The molecule has 0 radical (unpaired) electrons. The number of carbonyl (C=O) groups is 1. The first kappa shape index (κ1) is 25.8. The normalized spacial score (nSPS) is 32.3. The second-order valence-electron chi connectivity index (χ2n) is 11.8. The molecule has 182 valence electrons. The standard InChI is InChI=1S/C26H44O5Si/c1-24(2,3)32(7,8)31-23-19-9-11-20-17-21(30-18-29-16-15-28-6)13-14-26(20,23)25(4,5)22(27)12-10-19/h10,12,17,19,21,23H,9,11,13-16,18H2,1-8H3/t19-,21-,23+,26+/m0/s1. The van der Waals surface area contributed by atoms with Gasteiger partial charge >= 0.3 is 0 Å². The van der Waals surface area contributed by atoms with Crippen molar-refractivity contribution in [3.63, 3.8) is 0 Å². The second-order valence-corrected chi connectivity index (χ2v) is 16.5. The molecule has 0 aromatic carbocycles. The molecule has 1 spiro atoms. The third-order valence-electron chi connectivity index (χ3n) is 8.66. The molecule has 6 heteroatoms. The largest absolute Gasteiger partial charge is 0.412 e. The molecule has 4 atom stereocenters. The van der Waals surface area contributed by atoms with Crippen LogP contribution in [0.25, 0.3) is 0 Å². The lowest BCUT2D eigenvalue weighted by molar-refractivity contribution is -0.141. The zero-order valence-corrected chi connectivity index (χ0v) is 22.5. The maximum atomic E-state index is 13.4. The minimum absolute atomic E-state index is 0.0188. The van der Waals surface area contributed by atoms with E-state index in [1.165, 1.54) is 5.57 Å². The molecule has 0 N–H and O–H groups in total. The van der Waals surface area contributed by atoms with Gasteiger partial charge in [0.15, 0.2) is 14.1 Å². The lowest BCUT2D eigenvalue weighted by atomic mass is 9.49. The van der Waals surface area contributed by atoms with Gasteiger partial charge in [-0.25, -0.2) is 0 Å². The lowest BCUT2D eigenvalue weighted by Crippen LogP contribution is -2.61. The summed E-state index contributed by atoms with van der Waals surface area (Å²) in [6.07, 6.45) is 10.1. The van der Waals surface area contributed by atoms with E-state index in [1.807, 2.05) is 6.08 Å². The maximum Gasteiger partial charge on any atom is 0.192 e. The summed E-state index contributed by atoms with van der Waals surface area (Å²) < 4.78 is 23.8. The van der Waals surface area contributed by atoms with Crippen LogP contribution >= 0.6 is 0 Å². The average Bonchev–Trinajstić information content (AvgIpc) is 2.74. The zero-order valence-electron chi connectivity index (χ0n) is 21.5. The van der Waals surface area contributed by atoms with Crippen molar-refractivity contribution in [1.29, 1.82) is 0 Å². The number of ketones is 1. The maximum absolute atomic E-state index is 13.4. The van der Waals surface area contributed by atoms with E-state index in [1.54, 1.807) is 7.11 Å². The molecule has 1 saturated carbocycles. The summed E-state index contributed by atoms with van der Waals surface area (Å²) in [5, 5.41) is 0.117. The first-order valence-corrected chi connectivity index (χ1v) is 15.1. The van der Waals surface area contributed by atoms with Gasteiger partial charge < -0.3 is 18.6 Å². The molecule has 0 aromatic rings. The summed E-state index contributed by atoms with van der Waals surface area (Å²) in [5.74, 6) is 0.501. The van der Waals surface area contributed by atoms with Gasteiger partial charge in [-0.05, 0) is 49.9 Å². The van der Waals surface area contributed by atoms with Crippen LogP contribution in [0, 0.1) is 16.7 Å². The summed E-state index contributed by atoms with van der Waals surface area (Å²) in [7, 11) is -0.368. The number of ether oxygens (including phenoxy) is 3.